The van der Waals surface area contributed by atoms with Gasteiger partial charge in [0.15, 0.2) is 0 Å². The lowest BCUT2D eigenvalue weighted by atomic mass is 9.72. The van der Waals surface area contributed by atoms with Gasteiger partial charge in [-0.1, -0.05) is 31.2 Å². The van der Waals surface area contributed by atoms with Gasteiger partial charge in [-0.25, -0.2) is 0 Å². The number of ether oxygens (including phenoxy) is 1. The minimum Gasteiger partial charge on any atom is -0.497 e. The van der Waals surface area contributed by atoms with E-state index in [1.807, 2.05) is 0 Å². The van der Waals surface area contributed by atoms with Crippen LogP contribution in [0.25, 0.3) is 0 Å². The van der Waals surface area contributed by atoms with Crippen LogP contribution >= 0.6 is 0 Å². The number of hydrogen-bond acceptors (Lipinski definition) is 3. The molecule has 0 radical (unpaired) electrons. The number of aliphatic hydroxyl groups is 1. The molecule has 3 nitrogen and oxygen atoms in total. The van der Waals surface area contributed by atoms with E-state index in [2.05, 4.69) is 0 Å². The quantitative estimate of drug-likeness (QED) is 0.907. The Hall–Kier alpha value is -1.06. The van der Waals surface area contributed by atoms with Crippen molar-refractivity contribution in [2.24, 2.45) is 0 Å². The Kier molecular flexibility index (Phi) is 1.20. The van der Waals surface area contributed by atoms with E-state index in [1.54, 1.807) is 0 Å². The Bertz CT molecular complexity index is 1130. The van der Waals surface area contributed by atoms with Crippen molar-refractivity contribution in [2.45, 2.75) is 43.4 Å². The summed E-state index contributed by atoms with van der Waals surface area (Å²) in [6, 6.07) is -5.03. The molecule has 1 aliphatic carbocycles. The average molecular weight is 299 g/mol. The summed E-state index contributed by atoms with van der Waals surface area (Å²) >= 11 is 0. The molecule has 1 atom stereocenters. The van der Waals surface area contributed by atoms with Crippen LogP contribution in [0.4, 0.5) is 0 Å². The maximum atomic E-state index is 12.0. The average Bonchev–Trinajstić information content (AvgIpc) is 2.78. The van der Waals surface area contributed by atoms with Gasteiger partial charge in [0.05, 0.1) is 18.2 Å². The number of methoxy groups -OCH3 is 1. The molecule has 1 saturated carbocycles. The van der Waals surface area contributed by atoms with Crippen LogP contribution in [0.3, 0.4) is 0 Å². The SMILES string of the molecule is [2H]c1c([2H])c([C@@]([2H])(CN(C([2H])([2H])[2H])C([2H])([2H])[2H])C2(O)C([2H])([2H])C([2H])([2H])C([2H])([2H])C([2H])([2H])C2([2H])[2H])c([2H])c([2H])c1OC. The fourth-order valence-electron chi connectivity index (χ4n) is 1.54. The zero-order valence-electron chi connectivity index (χ0n) is 31.5. The maximum absolute atomic E-state index is 12.0. The third-order valence-corrected chi connectivity index (χ3v) is 2.47. The third kappa shape index (κ3) is 3.53. The molecule has 1 aromatic carbocycles. The summed E-state index contributed by atoms with van der Waals surface area (Å²) in [6.45, 7) is -9.61. The minimum absolute atomic E-state index is 0.512. The molecule has 0 aliphatic heterocycles. The highest BCUT2D eigenvalue weighted by Crippen LogP contribution is 2.40. The molecule has 1 fully saturated rings. The number of rotatable bonds is 5. The van der Waals surface area contributed by atoms with Crippen molar-refractivity contribution in [3.8, 4) is 5.75 Å². The second kappa shape index (κ2) is 6.59. The molecule has 2 rings (SSSR count). The van der Waals surface area contributed by atoms with E-state index < -0.39 is 104 Å². The molecule has 112 valence electrons. The van der Waals surface area contributed by atoms with Crippen molar-refractivity contribution in [1.82, 2.24) is 4.90 Å². The predicted molar refractivity (Wildman–Crippen MR) is 82.3 cm³/mol. The van der Waals surface area contributed by atoms with Gasteiger partial charge in [0.1, 0.15) is 5.75 Å². The molecule has 0 amide bonds. The summed E-state index contributed by atoms with van der Waals surface area (Å²) in [6.07, 6.45) is -21.5. The van der Waals surface area contributed by atoms with Crippen LogP contribution in [0.5, 0.6) is 5.75 Å². The van der Waals surface area contributed by atoms with Crippen molar-refractivity contribution < 1.29 is 38.6 Å². The molecule has 3 heteroatoms. The summed E-state index contributed by atoms with van der Waals surface area (Å²) in [7, 11) is 0.917. The zero-order chi connectivity index (χ0) is 33.0. The van der Waals surface area contributed by atoms with E-state index in [1.165, 1.54) is 0 Å². The lowest BCUT2D eigenvalue weighted by Crippen LogP contribution is -2.42. The van der Waals surface area contributed by atoms with Gasteiger partial charge in [-0.15, -0.1) is 0 Å². The smallest absolute Gasteiger partial charge is 0.118 e. The first-order valence-corrected chi connectivity index (χ1v) is 5.45. The molecule has 1 aromatic rings. The molecule has 1 aliphatic rings. The summed E-state index contributed by atoms with van der Waals surface area (Å²) in [5, 5.41) is 12.0. The Morgan fingerprint density at radius 1 is 1.40 bits per heavy atom. The zero-order valence-corrected chi connectivity index (χ0v) is 10.5. The van der Waals surface area contributed by atoms with Gasteiger partial charge >= 0.3 is 0 Å². The van der Waals surface area contributed by atoms with Crippen molar-refractivity contribution in [3.05, 3.63) is 29.7 Å². The first kappa shape index (κ1) is 3.64. The second-order valence-electron chi connectivity index (χ2n) is 3.81. The third-order valence-electron chi connectivity index (χ3n) is 2.47. The molecule has 0 aromatic heterocycles. The normalized spacial score (nSPS) is 50.6. The van der Waals surface area contributed by atoms with Crippen molar-refractivity contribution in [3.63, 3.8) is 0 Å². The molecule has 0 unspecified atom stereocenters. The fraction of sp³-hybridized carbons (Fsp3) is 0.647. The number of likely N-dealkylation sites (N-methyl/N-ethyl adjacent to an activating group) is 1. The van der Waals surface area contributed by atoms with E-state index in [0.717, 1.165) is 7.11 Å². The number of benzene rings is 1. The molecule has 0 saturated heterocycles. The van der Waals surface area contributed by atoms with Crippen LogP contribution in [0, 0.1) is 0 Å². The van der Waals surface area contributed by atoms with Crippen LogP contribution in [0.2, 0.25) is 0 Å². The first-order valence-electron chi connectivity index (χ1n) is 16.0. The summed E-state index contributed by atoms with van der Waals surface area (Å²) in [5.41, 5.74) is -6.20. The lowest BCUT2D eigenvalue weighted by molar-refractivity contribution is -0.0277. The fourth-order valence-corrected chi connectivity index (χ4v) is 1.54. The molecule has 20 heavy (non-hydrogen) atoms. The van der Waals surface area contributed by atoms with Gasteiger partial charge in [0, 0.05) is 35.7 Å². The van der Waals surface area contributed by atoms with Crippen LogP contribution < -0.4 is 4.74 Å². The lowest BCUT2D eigenvalue weighted by Gasteiger charge is -2.40. The minimum atomic E-state index is -4.67. The van der Waals surface area contributed by atoms with Crippen LogP contribution in [-0.4, -0.2) is 43.2 Å². The first-order chi connectivity index (χ1) is 17.8. The van der Waals surface area contributed by atoms with Crippen LogP contribution in [0.1, 0.15) is 72.1 Å². The Morgan fingerprint density at radius 3 is 2.60 bits per heavy atom. The van der Waals surface area contributed by atoms with Crippen LogP contribution in [-0.2, 0) is 0 Å². The standard InChI is InChI=1S/C17H27NO2/c1-18(2)13-16(17(19)11-5-4-6-12-17)14-7-9-15(20-3)10-8-14/h7-10,16,19H,4-6,11-13H2,1-3H3/t16-/m1/s1/i1D3,2D3,4D2,5D2,6D2,7D,8D,9D,10D,11D2,12D2,16D. The summed E-state index contributed by atoms with van der Waals surface area (Å²) < 4.78 is 176. The van der Waals surface area contributed by atoms with Crippen molar-refractivity contribution >= 4 is 0 Å². The summed E-state index contributed by atoms with van der Waals surface area (Å²) in [5.74, 6) is -4.90. The molecular weight excluding hydrogens is 250 g/mol. The number of hydrogen-bond donors (Lipinski definition) is 1. The van der Waals surface area contributed by atoms with Crippen molar-refractivity contribution in [1.29, 1.82) is 0 Å². The van der Waals surface area contributed by atoms with Crippen molar-refractivity contribution in [2.75, 3.05) is 27.6 Å². The molecule has 0 spiro atoms. The highest BCUT2D eigenvalue weighted by atomic mass is 16.5. The highest BCUT2D eigenvalue weighted by molar-refractivity contribution is 5.31. The van der Waals surface area contributed by atoms with E-state index in [0.29, 0.717) is 0 Å². The predicted octanol–water partition coefficient (Wildman–Crippen LogP) is 3.04. The van der Waals surface area contributed by atoms with E-state index in [9.17, 15) is 6.48 Å². The topological polar surface area (TPSA) is 32.7 Å². The van der Waals surface area contributed by atoms with E-state index >= 15 is 0 Å². The Labute approximate surface area is 152 Å². The monoisotopic (exact) mass is 298 g/mol. The van der Waals surface area contributed by atoms with E-state index in [4.69, 9.17) is 32.2 Å². The van der Waals surface area contributed by atoms with Gasteiger partial charge in [-0.2, -0.15) is 0 Å². The molecular formula is C17H27NO2. The summed E-state index contributed by atoms with van der Waals surface area (Å²) in [4.78, 5) is -0.512. The highest BCUT2D eigenvalue weighted by Gasteiger charge is 2.38. The largest absolute Gasteiger partial charge is 0.497 e. The number of nitrogens with zero attached hydrogens (tertiary/aromatic N) is 1. The van der Waals surface area contributed by atoms with E-state index in [-0.39, 0.29) is 0 Å². The second-order valence-corrected chi connectivity index (χ2v) is 3.81. The van der Waals surface area contributed by atoms with Gasteiger partial charge in [-0.05, 0) is 44.3 Å². The Morgan fingerprint density at radius 2 is 2.05 bits per heavy atom. The van der Waals surface area contributed by atoms with Gasteiger partial charge in [0.25, 0.3) is 0 Å². The van der Waals surface area contributed by atoms with Gasteiger partial charge < -0.3 is 14.7 Å². The molecule has 1 N–H and O–H groups in total. The van der Waals surface area contributed by atoms with Gasteiger partial charge in [-0.3, -0.25) is 0 Å². The molecule has 0 bridgehead atoms. The Balaban J connectivity index is 3.36. The maximum Gasteiger partial charge on any atom is 0.118 e. The van der Waals surface area contributed by atoms with Crippen LogP contribution in [0.15, 0.2) is 24.2 Å². The molecule has 0 heterocycles. The van der Waals surface area contributed by atoms with Gasteiger partial charge in [0.2, 0.25) is 0 Å².